The number of aromatic nitrogens is 1. The van der Waals surface area contributed by atoms with Crippen molar-refractivity contribution in [2.45, 2.75) is 0 Å². The summed E-state index contributed by atoms with van der Waals surface area (Å²) in [4.78, 5) is 6.56. The summed E-state index contributed by atoms with van der Waals surface area (Å²) in [5.74, 6) is 0. The molecule has 0 spiro atoms. The van der Waals surface area contributed by atoms with E-state index in [1.807, 2.05) is 36.4 Å². The Bertz CT molecular complexity index is 448. The number of hydrogen-bond acceptors (Lipinski definition) is 3. The van der Waals surface area contributed by atoms with Gasteiger partial charge in [-0.25, -0.2) is 0 Å². The molecule has 0 aliphatic heterocycles. The maximum Gasteiger partial charge on any atom is 0.0801 e. The number of thiophene rings is 1. The van der Waals surface area contributed by atoms with Crippen LogP contribution in [0.3, 0.4) is 0 Å². The molecule has 1 N–H and O–H groups in total. The fourth-order valence-corrected chi connectivity index (χ4v) is 2.17. The fraction of sp³-hybridized carbons (Fsp3) is 0.0833. The lowest BCUT2D eigenvalue weighted by atomic mass is 10.3. The maximum absolute atomic E-state index is 8.66. The Labute approximate surface area is 92.5 Å². The number of aliphatic hydroxyl groups excluding tert-OH is 1. The summed E-state index contributed by atoms with van der Waals surface area (Å²) < 4.78 is 0. The number of rotatable bonds is 3. The van der Waals surface area contributed by atoms with Crippen molar-refractivity contribution in [1.82, 2.24) is 4.98 Å². The van der Waals surface area contributed by atoms with Crippen LogP contribution in [0.25, 0.3) is 16.6 Å². The molecule has 0 radical (unpaired) electrons. The predicted octanol–water partition coefficient (Wildman–Crippen LogP) is 2.82. The quantitative estimate of drug-likeness (QED) is 0.857. The van der Waals surface area contributed by atoms with Gasteiger partial charge in [-0.2, -0.15) is 0 Å². The molecule has 3 heteroatoms. The zero-order valence-corrected chi connectivity index (χ0v) is 8.95. The average Bonchev–Trinajstić information content (AvgIpc) is 2.76. The fourth-order valence-electron chi connectivity index (χ4n) is 1.26. The lowest BCUT2D eigenvalue weighted by Crippen LogP contribution is -1.75. The molecule has 0 fully saturated rings. The van der Waals surface area contributed by atoms with Gasteiger partial charge >= 0.3 is 0 Å². The van der Waals surface area contributed by atoms with Crippen LogP contribution < -0.4 is 0 Å². The smallest absolute Gasteiger partial charge is 0.0801 e. The third-order valence-corrected chi connectivity index (χ3v) is 3.00. The van der Waals surface area contributed by atoms with E-state index in [4.69, 9.17) is 5.11 Å². The van der Waals surface area contributed by atoms with Gasteiger partial charge in [0.25, 0.3) is 0 Å². The van der Waals surface area contributed by atoms with Gasteiger partial charge in [-0.1, -0.05) is 12.1 Å². The minimum absolute atomic E-state index is 0.0802. The van der Waals surface area contributed by atoms with Crippen LogP contribution in [0.5, 0.6) is 0 Å². The summed E-state index contributed by atoms with van der Waals surface area (Å²) in [6, 6.07) is 9.95. The zero-order chi connectivity index (χ0) is 10.5. The highest BCUT2D eigenvalue weighted by atomic mass is 32.1. The topological polar surface area (TPSA) is 33.1 Å². The Morgan fingerprint density at radius 3 is 2.93 bits per heavy atom. The highest BCUT2D eigenvalue weighted by Gasteiger charge is 2.00. The normalized spacial score (nSPS) is 11.0. The predicted molar refractivity (Wildman–Crippen MR) is 63.7 cm³/mol. The first kappa shape index (κ1) is 10.1. The van der Waals surface area contributed by atoms with Gasteiger partial charge in [-0.3, -0.25) is 4.98 Å². The van der Waals surface area contributed by atoms with Crippen molar-refractivity contribution in [3.63, 3.8) is 0 Å². The first-order valence-electron chi connectivity index (χ1n) is 4.69. The summed E-state index contributed by atoms with van der Waals surface area (Å²) >= 11 is 1.67. The molecule has 0 unspecified atom stereocenters. The largest absolute Gasteiger partial charge is 0.392 e. The Kier molecular flexibility index (Phi) is 3.27. The molecular formula is C12H11NOS. The van der Waals surface area contributed by atoms with Crippen LogP contribution in [0.2, 0.25) is 0 Å². The van der Waals surface area contributed by atoms with Crippen molar-refractivity contribution in [3.05, 3.63) is 47.5 Å². The third-order valence-electron chi connectivity index (χ3n) is 1.93. The van der Waals surface area contributed by atoms with Crippen LogP contribution >= 0.6 is 11.3 Å². The lowest BCUT2D eigenvalue weighted by Gasteiger charge is -1.92. The second kappa shape index (κ2) is 4.87. The Hall–Kier alpha value is -1.45. The van der Waals surface area contributed by atoms with E-state index in [0.717, 1.165) is 15.4 Å². The number of hydrogen-bond donors (Lipinski definition) is 1. The summed E-state index contributed by atoms with van der Waals surface area (Å²) in [5.41, 5.74) is 0.992. The minimum Gasteiger partial charge on any atom is -0.392 e. The third kappa shape index (κ3) is 2.52. The van der Waals surface area contributed by atoms with E-state index in [1.165, 1.54) is 0 Å². The standard InChI is InChI=1S/C12H11NOS/c14-9-3-4-10-6-7-12(15-10)11-5-1-2-8-13-11/h1-8,14H,9H2. The van der Waals surface area contributed by atoms with E-state index in [2.05, 4.69) is 4.98 Å². The molecule has 0 atom stereocenters. The van der Waals surface area contributed by atoms with E-state index in [0.29, 0.717) is 0 Å². The van der Waals surface area contributed by atoms with Crippen molar-refractivity contribution >= 4 is 17.4 Å². The summed E-state index contributed by atoms with van der Waals surface area (Å²) in [5, 5.41) is 8.66. The van der Waals surface area contributed by atoms with Crippen LogP contribution in [0.15, 0.2) is 42.6 Å². The van der Waals surface area contributed by atoms with Gasteiger partial charge in [0.15, 0.2) is 0 Å². The number of aliphatic hydroxyl groups is 1. The van der Waals surface area contributed by atoms with E-state index in [9.17, 15) is 0 Å². The molecule has 2 aromatic heterocycles. The van der Waals surface area contributed by atoms with Crippen molar-refractivity contribution in [3.8, 4) is 10.6 Å². The number of nitrogens with zero attached hydrogens (tertiary/aromatic N) is 1. The molecule has 2 rings (SSSR count). The summed E-state index contributed by atoms with van der Waals surface area (Å²) in [6.07, 6.45) is 5.43. The molecule has 15 heavy (non-hydrogen) atoms. The molecule has 0 amide bonds. The first-order valence-corrected chi connectivity index (χ1v) is 5.50. The molecule has 76 valence electrons. The second-order valence-electron chi connectivity index (χ2n) is 3.00. The monoisotopic (exact) mass is 217 g/mol. The molecule has 0 aliphatic rings. The summed E-state index contributed by atoms with van der Waals surface area (Å²) in [7, 11) is 0. The van der Waals surface area contributed by atoms with Crippen molar-refractivity contribution < 1.29 is 5.11 Å². The molecular weight excluding hydrogens is 206 g/mol. The first-order chi connectivity index (χ1) is 7.40. The van der Waals surface area contributed by atoms with E-state index in [1.54, 1.807) is 23.6 Å². The molecule has 2 aromatic rings. The molecule has 0 saturated heterocycles. The van der Waals surface area contributed by atoms with Crippen molar-refractivity contribution in [2.24, 2.45) is 0 Å². The molecule has 0 aliphatic carbocycles. The van der Waals surface area contributed by atoms with Gasteiger partial charge in [-0.05, 0) is 30.3 Å². The number of pyridine rings is 1. The van der Waals surface area contributed by atoms with Gasteiger partial charge in [0, 0.05) is 11.1 Å². The molecule has 0 bridgehead atoms. The molecule has 0 saturated carbocycles. The van der Waals surface area contributed by atoms with E-state index < -0.39 is 0 Å². The van der Waals surface area contributed by atoms with Gasteiger partial charge in [0.05, 0.1) is 17.2 Å². The average molecular weight is 217 g/mol. The van der Waals surface area contributed by atoms with Gasteiger partial charge in [-0.15, -0.1) is 11.3 Å². The van der Waals surface area contributed by atoms with Gasteiger partial charge in [0.2, 0.25) is 0 Å². The van der Waals surface area contributed by atoms with Crippen LogP contribution in [0.1, 0.15) is 4.88 Å². The molecule has 2 nitrogen and oxygen atoms in total. The second-order valence-corrected chi connectivity index (χ2v) is 4.12. The zero-order valence-electron chi connectivity index (χ0n) is 8.13. The van der Waals surface area contributed by atoms with Crippen LogP contribution in [-0.2, 0) is 0 Å². The van der Waals surface area contributed by atoms with Crippen molar-refractivity contribution in [1.29, 1.82) is 0 Å². The molecule has 2 heterocycles. The Morgan fingerprint density at radius 1 is 1.27 bits per heavy atom. The van der Waals surface area contributed by atoms with E-state index in [-0.39, 0.29) is 6.61 Å². The highest BCUT2D eigenvalue weighted by molar-refractivity contribution is 7.16. The highest BCUT2D eigenvalue weighted by Crippen LogP contribution is 2.26. The molecule has 0 aromatic carbocycles. The van der Waals surface area contributed by atoms with Gasteiger partial charge in [0.1, 0.15) is 0 Å². The SMILES string of the molecule is OCC=Cc1ccc(-c2ccccn2)s1. The Balaban J connectivity index is 2.24. The summed E-state index contributed by atoms with van der Waals surface area (Å²) in [6.45, 7) is 0.0802. The maximum atomic E-state index is 8.66. The lowest BCUT2D eigenvalue weighted by molar-refractivity contribution is 0.343. The Morgan fingerprint density at radius 2 is 2.20 bits per heavy atom. The van der Waals surface area contributed by atoms with Crippen molar-refractivity contribution in [2.75, 3.05) is 6.61 Å². The van der Waals surface area contributed by atoms with Crippen LogP contribution in [-0.4, -0.2) is 16.7 Å². The van der Waals surface area contributed by atoms with E-state index >= 15 is 0 Å². The van der Waals surface area contributed by atoms with Gasteiger partial charge < -0.3 is 5.11 Å². The van der Waals surface area contributed by atoms with Crippen LogP contribution in [0, 0.1) is 0 Å². The van der Waals surface area contributed by atoms with Crippen LogP contribution in [0.4, 0.5) is 0 Å². The minimum atomic E-state index is 0.0802.